The molecule has 94 valence electrons. The predicted octanol–water partition coefficient (Wildman–Crippen LogP) is 2.88. The van der Waals surface area contributed by atoms with Crippen molar-refractivity contribution in [3.63, 3.8) is 0 Å². The molecule has 1 heterocycles. The second-order valence-corrected chi connectivity index (χ2v) is 5.41. The average Bonchev–Trinajstić information content (AvgIpc) is 2.46. The summed E-state index contributed by atoms with van der Waals surface area (Å²) in [5.41, 5.74) is 4.14. The molecule has 2 heteroatoms. The van der Waals surface area contributed by atoms with Gasteiger partial charge in [-0.1, -0.05) is 6.07 Å². The molecule has 1 aliphatic rings. The third kappa shape index (κ3) is 2.81. The molecule has 1 aromatic rings. The van der Waals surface area contributed by atoms with Gasteiger partial charge in [0, 0.05) is 30.9 Å². The zero-order valence-corrected chi connectivity index (χ0v) is 11.5. The van der Waals surface area contributed by atoms with Gasteiger partial charge in [-0.25, -0.2) is 0 Å². The van der Waals surface area contributed by atoms with Crippen molar-refractivity contribution in [2.24, 2.45) is 0 Å². The van der Waals surface area contributed by atoms with Crippen molar-refractivity contribution >= 4 is 5.69 Å². The lowest BCUT2D eigenvalue weighted by molar-refractivity contribution is 0.548. The molecule has 0 bridgehead atoms. The van der Waals surface area contributed by atoms with Crippen LogP contribution in [0.4, 0.5) is 5.69 Å². The molecule has 0 saturated carbocycles. The van der Waals surface area contributed by atoms with Gasteiger partial charge in [-0.15, -0.1) is 0 Å². The standard InChI is InChI=1S/C15H24N2/c1-11-5-6-15(9-12(11)2)17-8-7-13(3)16-10-14(17)4/h5-6,9,13-14,16H,7-8,10H2,1-4H3. The van der Waals surface area contributed by atoms with Crippen LogP contribution in [0, 0.1) is 13.8 Å². The Bertz CT molecular complexity index is 387. The number of anilines is 1. The van der Waals surface area contributed by atoms with E-state index in [-0.39, 0.29) is 0 Å². The monoisotopic (exact) mass is 232 g/mol. The molecule has 0 spiro atoms. The van der Waals surface area contributed by atoms with Gasteiger partial charge in [-0.05, 0) is 57.4 Å². The van der Waals surface area contributed by atoms with Crippen LogP contribution in [0.15, 0.2) is 18.2 Å². The Kier molecular flexibility index (Phi) is 3.72. The summed E-state index contributed by atoms with van der Waals surface area (Å²) in [6.07, 6.45) is 1.22. The van der Waals surface area contributed by atoms with E-state index in [0.29, 0.717) is 12.1 Å². The highest BCUT2D eigenvalue weighted by molar-refractivity contribution is 5.51. The van der Waals surface area contributed by atoms with E-state index in [1.807, 2.05) is 0 Å². The van der Waals surface area contributed by atoms with Crippen molar-refractivity contribution < 1.29 is 0 Å². The molecule has 0 aliphatic carbocycles. The molecule has 0 radical (unpaired) electrons. The number of aryl methyl sites for hydroxylation is 2. The van der Waals surface area contributed by atoms with Gasteiger partial charge in [-0.2, -0.15) is 0 Å². The Morgan fingerprint density at radius 2 is 1.94 bits per heavy atom. The fourth-order valence-corrected chi connectivity index (χ4v) is 2.42. The van der Waals surface area contributed by atoms with Crippen LogP contribution in [-0.2, 0) is 0 Å². The van der Waals surface area contributed by atoms with E-state index in [4.69, 9.17) is 0 Å². The van der Waals surface area contributed by atoms with Gasteiger partial charge >= 0.3 is 0 Å². The van der Waals surface area contributed by atoms with Crippen LogP contribution in [-0.4, -0.2) is 25.2 Å². The van der Waals surface area contributed by atoms with Gasteiger partial charge in [0.2, 0.25) is 0 Å². The number of rotatable bonds is 1. The van der Waals surface area contributed by atoms with Gasteiger partial charge in [0.05, 0.1) is 0 Å². The fraction of sp³-hybridized carbons (Fsp3) is 0.600. The molecular weight excluding hydrogens is 208 g/mol. The van der Waals surface area contributed by atoms with Crippen molar-refractivity contribution in [1.82, 2.24) is 5.32 Å². The Labute approximate surface area is 105 Å². The summed E-state index contributed by atoms with van der Waals surface area (Å²) in [6.45, 7) is 11.2. The minimum absolute atomic E-state index is 0.571. The third-order valence-electron chi connectivity index (χ3n) is 3.92. The summed E-state index contributed by atoms with van der Waals surface area (Å²) in [5.74, 6) is 0. The second-order valence-electron chi connectivity index (χ2n) is 5.41. The highest BCUT2D eigenvalue weighted by Gasteiger charge is 2.19. The Morgan fingerprint density at radius 1 is 1.18 bits per heavy atom. The molecule has 0 amide bonds. The van der Waals surface area contributed by atoms with Crippen LogP contribution < -0.4 is 10.2 Å². The van der Waals surface area contributed by atoms with E-state index in [0.717, 1.165) is 13.1 Å². The summed E-state index contributed by atoms with van der Waals surface area (Å²) in [5, 5.41) is 3.58. The molecule has 2 unspecified atom stereocenters. The van der Waals surface area contributed by atoms with E-state index in [1.165, 1.54) is 23.2 Å². The molecule has 2 atom stereocenters. The highest BCUT2D eigenvalue weighted by atomic mass is 15.2. The predicted molar refractivity (Wildman–Crippen MR) is 74.8 cm³/mol. The normalized spacial score (nSPS) is 25.8. The van der Waals surface area contributed by atoms with Crippen LogP contribution in [0.3, 0.4) is 0 Å². The lowest BCUT2D eigenvalue weighted by Gasteiger charge is -2.29. The van der Waals surface area contributed by atoms with Gasteiger partial charge in [-0.3, -0.25) is 0 Å². The Balaban J connectivity index is 2.22. The number of benzene rings is 1. The second kappa shape index (κ2) is 5.09. The minimum atomic E-state index is 0.571. The smallest absolute Gasteiger partial charge is 0.0386 e. The lowest BCUT2D eigenvalue weighted by atomic mass is 10.1. The van der Waals surface area contributed by atoms with Crippen molar-refractivity contribution in [3.05, 3.63) is 29.3 Å². The molecular formula is C15H24N2. The van der Waals surface area contributed by atoms with Gasteiger partial charge in [0.1, 0.15) is 0 Å². The summed E-state index contributed by atoms with van der Waals surface area (Å²) < 4.78 is 0. The number of hydrogen-bond acceptors (Lipinski definition) is 2. The summed E-state index contributed by atoms with van der Waals surface area (Å²) in [7, 11) is 0. The summed E-state index contributed by atoms with van der Waals surface area (Å²) in [4.78, 5) is 2.53. The summed E-state index contributed by atoms with van der Waals surface area (Å²) in [6, 6.07) is 8.02. The van der Waals surface area contributed by atoms with E-state index < -0.39 is 0 Å². The maximum atomic E-state index is 3.58. The van der Waals surface area contributed by atoms with Crippen LogP contribution in [0.25, 0.3) is 0 Å². The van der Waals surface area contributed by atoms with Gasteiger partial charge in [0.15, 0.2) is 0 Å². The van der Waals surface area contributed by atoms with E-state index >= 15 is 0 Å². The van der Waals surface area contributed by atoms with E-state index in [2.05, 4.69) is 56.1 Å². The van der Waals surface area contributed by atoms with Gasteiger partial charge in [0.25, 0.3) is 0 Å². The largest absolute Gasteiger partial charge is 0.367 e. The summed E-state index contributed by atoms with van der Waals surface area (Å²) >= 11 is 0. The molecule has 2 rings (SSSR count). The molecule has 1 fully saturated rings. The van der Waals surface area contributed by atoms with E-state index in [1.54, 1.807) is 0 Å². The fourth-order valence-electron chi connectivity index (χ4n) is 2.42. The molecule has 1 N–H and O–H groups in total. The SMILES string of the molecule is Cc1ccc(N2CCC(C)NCC2C)cc1C. The van der Waals surface area contributed by atoms with Crippen LogP contribution in [0.5, 0.6) is 0 Å². The van der Waals surface area contributed by atoms with Crippen molar-refractivity contribution in [2.45, 2.75) is 46.2 Å². The first-order valence-corrected chi connectivity index (χ1v) is 6.65. The lowest BCUT2D eigenvalue weighted by Crippen LogP contribution is -2.38. The van der Waals surface area contributed by atoms with E-state index in [9.17, 15) is 0 Å². The molecule has 1 saturated heterocycles. The number of hydrogen-bond donors (Lipinski definition) is 1. The zero-order chi connectivity index (χ0) is 12.4. The van der Waals surface area contributed by atoms with Crippen LogP contribution >= 0.6 is 0 Å². The van der Waals surface area contributed by atoms with Gasteiger partial charge < -0.3 is 10.2 Å². The Hall–Kier alpha value is -1.02. The third-order valence-corrected chi connectivity index (χ3v) is 3.92. The van der Waals surface area contributed by atoms with Crippen LogP contribution in [0.1, 0.15) is 31.4 Å². The zero-order valence-electron chi connectivity index (χ0n) is 11.5. The molecule has 1 aliphatic heterocycles. The van der Waals surface area contributed by atoms with Crippen molar-refractivity contribution in [3.8, 4) is 0 Å². The minimum Gasteiger partial charge on any atom is -0.367 e. The first-order valence-electron chi connectivity index (χ1n) is 6.65. The first kappa shape index (κ1) is 12.4. The number of nitrogens with one attached hydrogen (secondary N) is 1. The van der Waals surface area contributed by atoms with Crippen molar-refractivity contribution in [1.29, 1.82) is 0 Å². The maximum absolute atomic E-state index is 3.58. The Morgan fingerprint density at radius 3 is 2.65 bits per heavy atom. The number of nitrogens with zero attached hydrogens (tertiary/aromatic N) is 1. The maximum Gasteiger partial charge on any atom is 0.0386 e. The topological polar surface area (TPSA) is 15.3 Å². The van der Waals surface area contributed by atoms with Crippen molar-refractivity contribution in [2.75, 3.05) is 18.0 Å². The highest BCUT2D eigenvalue weighted by Crippen LogP contribution is 2.22. The molecule has 2 nitrogen and oxygen atoms in total. The average molecular weight is 232 g/mol. The first-order chi connectivity index (χ1) is 8.08. The molecule has 17 heavy (non-hydrogen) atoms. The quantitative estimate of drug-likeness (QED) is 0.801. The molecule has 1 aromatic carbocycles. The molecule has 0 aromatic heterocycles. The van der Waals surface area contributed by atoms with Crippen LogP contribution in [0.2, 0.25) is 0 Å².